The second-order valence-corrected chi connectivity index (χ2v) is 6.14. The number of ether oxygens (including phenoxy) is 3. The first-order valence-corrected chi connectivity index (χ1v) is 8.58. The third-order valence-corrected chi connectivity index (χ3v) is 4.46. The maximum atomic E-state index is 12.6. The number of carbonyl (C=O) groups is 1. The minimum Gasteiger partial charge on any atom is -0.497 e. The SMILES string of the molecule is COc1cc(NC(=O)CN2CCCc3cccc(OC)c32)cc(OC)c1. The lowest BCUT2D eigenvalue weighted by atomic mass is 10.0. The number of benzene rings is 2. The number of hydrogen-bond acceptors (Lipinski definition) is 5. The lowest BCUT2D eigenvalue weighted by Crippen LogP contribution is -2.37. The summed E-state index contributed by atoms with van der Waals surface area (Å²) in [5, 5.41) is 2.93. The van der Waals surface area contributed by atoms with Crippen LogP contribution in [0.5, 0.6) is 17.2 Å². The maximum absolute atomic E-state index is 12.6. The monoisotopic (exact) mass is 356 g/mol. The lowest BCUT2D eigenvalue weighted by molar-refractivity contribution is -0.115. The summed E-state index contributed by atoms with van der Waals surface area (Å²) < 4.78 is 16.0. The van der Waals surface area contributed by atoms with Gasteiger partial charge in [-0.2, -0.15) is 0 Å². The molecule has 1 heterocycles. The van der Waals surface area contributed by atoms with Gasteiger partial charge in [0.25, 0.3) is 0 Å². The summed E-state index contributed by atoms with van der Waals surface area (Å²) in [7, 11) is 4.82. The second kappa shape index (κ2) is 7.99. The number of methoxy groups -OCH3 is 3. The van der Waals surface area contributed by atoms with Crippen molar-refractivity contribution in [2.24, 2.45) is 0 Å². The van der Waals surface area contributed by atoms with E-state index in [-0.39, 0.29) is 12.5 Å². The molecule has 3 rings (SSSR count). The van der Waals surface area contributed by atoms with E-state index < -0.39 is 0 Å². The number of nitrogens with one attached hydrogen (secondary N) is 1. The van der Waals surface area contributed by atoms with Crippen LogP contribution < -0.4 is 24.4 Å². The predicted octanol–water partition coefficient (Wildman–Crippen LogP) is 3.10. The number of carbonyl (C=O) groups excluding carboxylic acids is 1. The second-order valence-electron chi connectivity index (χ2n) is 6.14. The van der Waals surface area contributed by atoms with Crippen molar-refractivity contribution >= 4 is 17.3 Å². The van der Waals surface area contributed by atoms with Crippen LogP contribution in [0.1, 0.15) is 12.0 Å². The van der Waals surface area contributed by atoms with Gasteiger partial charge in [-0.3, -0.25) is 4.79 Å². The molecule has 0 fully saturated rings. The quantitative estimate of drug-likeness (QED) is 0.862. The zero-order valence-corrected chi connectivity index (χ0v) is 15.4. The molecule has 2 aromatic rings. The molecule has 26 heavy (non-hydrogen) atoms. The highest BCUT2D eigenvalue weighted by Gasteiger charge is 2.22. The van der Waals surface area contributed by atoms with Crippen LogP contribution in [0.25, 0.3) is 0 Å². The van der Waals surface area contributed by atoms with E-state index in [1.54, 1.807) is 39.5 Å². The van der Waals surface area contributed by atoms with Gasteiger partial charge in [0.15, 0.2) is 0 Å². The Morgan fingerprint density at radius 3 is 2.46 bits per heavy atom. The van der Waals surface area contributed by atoms with E-state index >= 15 is 0 Å². The average molecular weight is 356 g/mol. The molecule has 6 nitrogen and oxygen atoms in total. The number of amides is 1. The summed E-state index contributed by atoms with van der Waals surface area (Å²) in [5.74, 6) is 1.96. The molecule has 0 saturated heterocycles. The minimum atomic E-state index is -0.0981. The van der Waals surface area contributed by atoms with E-state index in [9.17, 15) is 4.79 Å². The van der Waals surface area contributed by atoms with Gasteiger partial charge in [0.05, 0.1) is 33.6 Å². The number of aryl methyl sites for hydroxylation is 1. The van der Waals surface area contributed by atoms with E-state index in [4.69, 9.17) is 14.2 Å². The normalized spacial score (nSPS) is 13.0. The summed E-state index contributed by atoms with van der Waals surface area (Å²) in [6.45, 7) is 1.08. The van der Waals surface area contributed by atoms with Crippen molar-refractivity contribution in [3.63, 3.8) is 0 Å². The van der Waals surface area contributed by atoms with E-state index in [2.05, 4.69) is 16.3 Å². The van der Waals surface area contributed by atoms with Crippen molar-refractivity contribution in [3.05, 3.63) is 42.0 Å². The van der Waals surface area contributed by atoms with Crippen LogP contribution >= 0.6 is 0 Å². The van der Waals surface area contributed by atoms with Crippen LogP contribution in [0, 0.1) is 0 Å². The zero-order valence-electron chi connectivity index (χ0n) is 15.4. The average Bonchev–Trinajstić information content (AvgIpc) is 2.67. The minimum absolute atomic E-state index is 0.0981. The van der Waals surface area contributed by atoms with Gasteiger partial charge in [0.2, 0.25) is 5.91 Å². The Morgan fingerprint density at radius 1 is 1.08 bits per heavy atom. The summed E-state index contributed by atoms with van der Waals surface area (Å²) in [5.41, 5.74) is 2.87. The molecule has 6 heteroatoms. The molecule has 1 amide bonds. The maximum Gasteiger partial charge on any atom is 0.243 e. The molecule has 0 unspecified atom stereocenters. The van der Waals surface area contributed by atoms with Crippen LogP contribution in [0.15, 0.2) is 36.4 Å². The molecule has 0 spiro atoms. The molecule has 0 atom stereocenters. The highest BCUT2D eigenvalue weighted by atomic mass is 16.5. The number of rotatable bonds is 6. The Labute approximate surface area is 153 Å². The third-order valence-electron chi connectivity index (χ3n) is 4.46. The van der Waals surface area contributed by atoms with Crippen LogP contribution in [0.3, 0.4) is 0 Å². The summed E-state index contributed by atoms with van der Waals surface area (Å²) in [6, 6.07) is 11.3. The van der Waals surface area contributed by atoms with Gasteiger partial charge in [0.1, 0.15) is 17.2 Å². The van der Waals surface area contributed by atoms with Crippen molar-refractivity contribution in [1.29, 1.82) is 0 Å². The van der Waals surface area contributed by atoms with Gasteiger partial charge in [0, 0.05) is 30.4 Å². The molecule has 2 aromatic carbocycles. The van der Waals surface area contributed by atoms with E-state index in [0.29, 0.717) is 17.2 Å². The first-order valence-electron chi connectivity index (χ1n) is 8.58. The number of nitrogens with zero attached hydrogens (tertiary/aromatic N) is 1. The summed E-state index contributed by atoms with van der Waals surface area (Å²) >= 11 is 0. The smallest absolute Gasteiger partial charge is 0.243 e. The molecular formula is C20H24N2O4. The van der Waals surface area contributed by atoms with Gasteiger partial charge >= 0.3 is 0 Å². The molecular weight excluding hydrogens is 332 g/mol. The molecule has 0 saturated carbocycles. The van der Waals surface area contributed by atoms with Gasteiger partial charge in [-0.15, -0.1) is 0 Å². The molecule has 1 aliphatic rings. The Hall–Kier alpha value is -2.89. The molecule has 0 radical (unpaired) electrons. The van der Waals surface area contributed by atoms with Crippen LogP contribution in [-0.2, 0) is 11.2 Å². The third kappa shape index (κ3) is 3.85. The molecule has 1 N–H and O–H groups in total. The number of fused-ring (bicyclic) bond motifs is 1. The lowest BCUT2D eigenvalue weighted by Gasteiger charge is -2.32. The molecule has 0 bridgehead atoms. The number of anilines is 2. The largest absolute Gasteiger partial charge is 0.497 e. The molecule has 138 valence electrons. The highest BCUT2D eigenvalue weighted by molar-refractivity contribution is 5.95. The summed E-state index contributed by atoms with van der Waals surface area (Å²) in [6.07, 6.45) is 2.01. The highest BCUT2D eigenvalue weighted by Crippen LogP contribution is 2.36. The Kier molecular flexibility index (Phi) is 5.51. The van der Waals surface area contributed by atoms with Crippen molar-refractivity contribution < 1.29 is 19.0 Å². The Bertz CT molecular complexity index is 755. The molecule has 0 aromatic heterocycles. The van der Waals surface area contributed by atoms with E-state index in [1.807, 2.05) is 12.1 Å². The van der Waals surface area contributed by atoms with E-state index in [0.717, 1.165) is 30.8 Å². The predicted molar refractivity (Wildman–Crippen MR) is 102 cm³/mol. The van der Waals surface area contributed by atoms with Crippen molar-refractivity contribution in [2.75, 3.05) is 44.6 Å². The number of hydrogen-bond donors (Lipinski definition) is 1. The fraction of sp³-hybridized carbons (Fsp3) is 0.350. The first kappa shape index (κ1) is 17.9. The fourth-order valence-electron chi connectivity index (χ4n) is 3.28. The van der Waals surface area contributed by atoms with Gasteiger partial charge in [-0.05, 0) is 24.5 Å². The van der Waals surface area contributed by atoms with Gasteiger partial charge in [-0.1, -0.05) is 12.1 Å². The van der Waals surface area contributed by atoms with Crippen molar-refractivity contribution in [2.45, 2.75) is 12.8 Å². The van der Waals surface area contributed by atoms with Crippen LogP contribution in [-0.4, -0.2) is 40.3 Å². The number of para-hydroxylation sites is 1. The van der Waals surface area contributed by atoms with Crippen LogP contribution in [0.2, 0.25) is 0 Å². The van der Waals surface area contributed by atoms with Gasteiger partial charge < -0.3 is 24.4 Å². The fourth-order valence-corrected chi connectivity index (χ4v) is 3.28. The Morgan fingerprint density at radius 2 is 1.81 bits per heavy atom. The molecule has 0 aliphatic carbocycles. The van der Waals surface area contributed by atoms with Crippen molar-refractivity contribution in [1.82, 2.24) is 0 Å². The summed E-state index contributed by atoms with van der Waals surface area (Å²) in [4.78, 5) is 14.7. The Balaban J connectivity index is 1.76. The van der Waals surface area contributed by atoms with Crippen LogP contribution in [0.4, 0.5) is 11.4 Å². The molecule has 1 aliphatic heterocycles. The standard InChI is InChI=1S/C20H24N2O4/c1-24-16-10-15(11-17(12-16)25-2)21-19(23)13-22-9-5-7-14-6-4-8-18(26-3)20(14)22/h4,6,8,10-12H,5,7,9,13H2,1-3H3,(H,21,23). The van der Waals surface area contributed by atoms with Crippen molar-refractivity contribution in [3.8, 4) is 17.2 Å². The first-order chi connectivity index (χ1) is 12.6. The zero-order chi connectivity index (χ0) is 18.5. The van der Waals surface area contributed by atoms with Gasteiger partial charge in [-0.25, -0.2) is 0 Å². The topological polar surface area (TPSA) is 60.0 Å². The van der Waals surface area contributed by atoms with E-state index in [1.165, 1.54) is 5.56 Å².